The number of aromatic nitrogens is 1. The molecular formula is C25H22N2O4. The number of ether oxygens (including phenoxy) is 2. The summed E-state index contributed by atoms with van der Waals surface area (Å²) < 4.78 is 10.8. The number of carbonyl (C=O) groups excluding carboxylic acids is 1. The second kappa shape index (κ2) is 7.63. The lowest BCUT2D eigenvalue weighted by Gasteiger charge is -2.23. The number of rotatable bonds is 3. The van der Waals surface area contributed by atoms with Crippen LogP contribution in [-0.2, 0) is 16.0 Å². The Hall–Kier alpha value is -3.51. The van der Waals surface area contributed by atoms with Crippen molar-refractivity contribution >= 4 is 22.4 Å². The Balaban J connectivity index is 1.92. The molecule has 0 fully saturated rings. The van der Waals surface area contributed by atoms with Gasteiger partial charge < -0.3 is 14.6 Å². The van der Waals surface area contributed by atoms with E-state index in [-0.39, 0.29) is 0 Å². The van der Waals surface area contributed by atoms with E-state index in [2.05, 4.69) is 0 Å². The van der Waals surface area contributed by atoms with E-state index in [9.17, 15) is 9.90 Å². The van der Waals surface area contributed by atoms with Crippen molar-refractivity contribution in [1.29, 1.82) is 0 Å². The molecule has 3 aromatic rings. The van der Waals surface area contributed by atoms with Gasteiger partial charge in [0, 0.05) is 34.4 Å². The summed E-state index contributed by atoms with van der Waals surface area (Å²) in [6, 6.07) is 13.7. The van der Waals surface area contributed by atoms with Gasteiger partial charge >= 0.3 is 5.97 Å². The molecule has 0 bridgehead atoms. The molecule has 0 amide bonds. The molecule has 156 valence electrons. The van der Waals surface area contributed by atoms with E-state index in [1.807, 2.05) is 49.4 Å². The van der Waals surface area contributed by atoms with Gasteiger partial charge in [0.2, 0.25) is 0 Å². The number of para-hydroxylation sites is 1. The van der Waals surface area contributed by atoms with E-state index < -0.39 is 12.1 Å². The third-order valence-electron chi connectivity index (χ3n) is 5.93. The molecular weight excluding hydrogens is 392 g/mol. The SMILES string of the molecule is COC(=O)C(O)C1=C(C)CN=c2ccccc2=C1c1ccc2c3c(ccnc13)CCO2. The van der Waals surface area contributed by atoms with Gasteiger partial charge in [0.25, 0.3) is 0 Å². The van der Waals surface area contributed by atoms with Crippen LogP contribution in [0.15, 0.2) is 64.8 Å². The highest BCUT2D eigenvalue weighted by Crippen LogP contribution is 2.38. The zero-order chi connectivity index (χ0) is 21.5. The minimum Gasteiger partial charge on any atom is -0.493 e. The van der Waals surface area contributed by atoms with Crippen LogP contribution in [0.1, 0.15) is 18.1 Å². The molecule has 1 aromatic heterocycles. The average molecular weight is 414 g/mol. The molecule has 0 aliphatic carbocycles. The summed E-state index contributed by atoms with van der Waals surface area (Å²) >= 11 is 0. The quantitative estimate of drug-likeness (QED) is 0.662. The number of hydrogen-bond acceptors (Lipinski definition) is 6. The second-order valence-corrected chi connectivity index (χ2v) is 7.73. The van der Waals surface area contributed by atoms with Gasteiger partial charge in [-0.15, -0.1) is 0 Å². The molecule has 6 nitrogen and oxygen atoms in total. The fourth-order valence-electron chi connectivity index (χ4n) is 4.46. The van der Waals surface area contributed by atoms with Crippen LogP contribution in [0.3, 0.4) is 0 Å². The highest BCUT2D eigenvalue weighted by molar-refractivity contribution is 6.01. The molecule has 1 atom stereocenters. The molecule has 2 aromatic carbocycles. The summed E-state index contributed by atoms with van der Waals surface area (Å²) in [5, 5.41) is 13.6. The molecule has 0 spiro atoms. The molecule has 0 saturated heterocycles. The molecule has 6 heteroatoms. The van der Waals surface area contributed by atoms with Crippen molar-refractivity contribution in [1.82, 2.24) is 4.98 Å². The second-order valence-electron chi connectivity index (χ2n) is 7.73. The zero-order valence-corrected chi connectivity index (χ0v) is 17.4. The van der Waals surface area contributed by atoms with Crippen molar-refractivity contribution in [3.05, 3.63) is 81.5 Å². The Labute approximate surface area is 179 Å². The highest BCUT2D eigenvalue weighted by Gasteiger charge is 2.30. The maximum Gasteiger partial charge on any atom is 0.339 e. The maximum atomic E-state index is 12.4. The number of aliphatic hydroxyl groups excluding tert-OH is 1. The number of pyridine rings is 1. The van der Waals surface area contributed by atoms with E-state index in [1.54, 1.807) is 6.20 Å². The maximum absolute atomic E-state index is 12.4. The van der Waals surface area contributed by atoms with Crippen LogP contribution < -0.4 is 15.3 Å². The number of esters is 1. The molecule has 5 rings (SSSR count). The first-order valence-electron chi connectivity index (χ1n) is 10.2. The summed E-state index contributed by atoms with van der Waals surface area (Å²) in [4.78, 5) is 21.8. The van der Waals surface area contributed by atoms with Gasteiger partial charge in [-0.2, -0.15) is 0 Å². The molecule has 2 aliphatic rings. The molecule has 2 aliphatic heterocycles. The number of hydrogen-bond donors (Lipinski definition) is 1. The zero-order valence-electron chi connectivity index (χ0n) is 17.4. The van der Waals surface area contributed by atoms with Gasteiger partial charge in [-0.1, -0.05) is 18.2 Å². The van der Waals surface area contributed by atoms with Crippen molar-refractivity contribution in [2.75, 3.05) is 20.3 Å². The Morgan fingerprint density at radius 3 is 2.87 bits per heavy atom. The number of carbonyl (C=O) groups is 1. The summed E-state index contributed by atoms with van der Waals surface area (Å²) in [6.07, 6.45) is 1.18. The lowest BCUT2D eigenvalue weighted by atomic mass is 9.86. The van der Waals surface area contributed by atoms with Gasteiger partial charge in [0.15, 0.2) is 6.10 Å². The van der Waals surface area contributed by atoms with Crippen LogP contribution in [0.5, 0.6) is 5.75 Å². The van der Waals surface area contributed by atoms with Crippen LogP contribution in [0.2, 0.25) is 0 Å². The molecule has 31 heavy (non-hydrogen) atoms. The summed E-state index contributed by atoms with van der Waals surface area (Å²) in [5.74, 6) is 0.0984. The minimum atomic E-state index is -1.43. The smallest absolute Gasteiger partial charge is 0.339 e. The predicted molar refractivity (Wildman–Crippen MR) is 116 cm³/mol. The van der Waals surface area contributed by atoms with Crippen molar-refractivity contribution < 1.29 is 19.4 Å². The largest absolute Gasteiger partial charge is 0.493 e. The van der Waals surface area contributed by atoms with Crippen LogP contribution >= 0.6 is 0 Å². The van der Waals surface area contributed by atoms with Gasteiger partial charge in [-0.3, -0.25) is 9.98 Å². The lowest BCUT2D eigenvalue weighted by Crippen LogP contribution is -2.32. The lowest BCUT2D eigenvalue weighted by molar-refractivity contribution is -0.148. The fourth-order valence-corrected chi connectivity index (χ4v) is 4.46. The monoisotopic (exact) mass is 414 g/mol. The number of benzene rings is 2. The normalized spacial score (nSPS) is 16.2. The van der Waals surface area contributed by atoms with Gasteiger partial charge in [-0.25, -0.2) is 4.79 Å². The Morgan fingerprint density at radius 1 is 1.19 bits per heavy atom. The van der Waals surface area contributed by atoms with Crippen molar-refractivity contribution in [3.8, 4) is 5.75 Å². The summed E-state index contributed by atoms with van der Waals surface area (Å²) in [5.41, 5.74) is 4.85. The first kappa shape index (κ1) is 19.5. The molecule has 0 saturated carbocycles. The van der Waals surface area contributed by atoms with Crippen LogP contribution in [-0.4, -0.2) is 42.4 Å². The van der Waals surface area contributed by atoms with E-state index >= 15 is 0 Å². The molecule has 1 unspecified atom stereocenters. The highest BCUT2D eigenvalue weighted by atomic mass is 16.5. The fraction of sp³-hybridized carbons (Fsp3) is 0.240. The Kier molecular flexibility index (Phi) is 4.79. The topological polar surface area (TPSA) is 81.0 Å². The van der Waals surface area contributed by atoms with Gasteiger partial charge in [0.1, 0.15) is 5.75 Å². The first-order valence-corrected chi connectivity index (χ1v) is 10.2. The molecule has 0 radical (unpaired) electrons. The van der Waals surface area contributed by atoms with E-state index in [4.69, 9.17) is 19.5 Å². The summed E-state index contributed by atoms with van der Waals surface area (Å²) in [7, 11) is 1.28. The van der Waals surface area contributed by atoms with Crippen molar-refractivity contribution in [2.45, 2.75) is 19.4 Å². The van der Waals surface area contributed by atoms with E-state index in [1.165, 1.54) is 12.7 Å². The predicted octanol–water partition coefficient (Wildman–Crippen LogP) is 1.85. The standard InChI is InChI=1S/C25H22N2O4/c1-14-13-27-18-6-4-3-5-16(18)22(20(14)24(28)25(29)30-2)17-7-8-19-21-15(10-12-31-19)9-11-26-23(17)21/h3-9,11,24,28H,10,12-13H2,1-2H3. The number of nitrogens with zero attached hydrogens (tertiary/aromatic N) is 2. The minimum absolute atomic E-state index is 0.377. The average Bonchev–Trinajstić information content (AvgIpc) is 2.95. The van der Waals surface area contributed by atoms with E-state index in [0.717, 1.165) is 50.4 Å². The number of aliphatic hydroxyl groups is 1. The number of fused-ring (bicyclic) bond motifs is 1. The molecule has 3 heterocycles. The van der Waals surface area contributed by atoms with Crippen LogP contribution in [0.4, 0.5) is 0 Å². The number of methoxy groups -OCH3 is 1. The van der Waals surface area contributed by atoms with Crippen LogP contribution in [0, 0.1) is 0 Å². The van der Waals surface area contributed by atoms with E-state index in [0.29, 0.717) is 18.7 Å². The third-order valence-corrected chi connectivity index (χ3v) is 5.93. The van der Waals surface area contributed by atoms with Crippen molar-refractivity contribution in [2.24, 2.45) is 4.99 Å². The van der Waals surface area contributed by atoms with Gasteiger partial charge in [-0.05, 0) is 47.9 Å². The summed E-state index contributed by atoms with van der Waals surface area (Å²) in [6.45, 7) is 2.90. The van der Waals surface area contributed by atoms with Gasteiger partial charge in [0.05, 0.1) is 31.1 Å². The van der Waals surface area contributed by atoms with Crippen molar-refractivity contribution in [3.63, 3.8) is 0 Å². The first-order chi connectivity index (χ1) is 15.1. The van der Waals surface area contributed by atoms with Crippen LogP contribution in [0.25, 0.3) is 16.5 Å². The molecule has 1 N–H and O–H groups in total. The Bertz CT molecular complexity index is 1360. The Morgan fingerprint density at radius 2 is 2.03 bits per heavy atom. The third kappa shape index (κ3) is 3.11.